The van der Waals surface area contributed by atoms with E-state index in [0.29, 0.717) is 26.2 Å². The van der Waals surface area contributed by atoms with E-state index in [1.54, 1.807) is 11.8 Å². The molecule has 0 aliphatic carbocycles. The summed E-state index contributed by atoms with van der Waals surface area (Å²) in [6.45, 7) is 3.18. The second-order valence-electron chi connectivity index (χ2n) is 5.04. The fourth-order valence-electron chi connectivity index (χ4n) is 2.61. The Morgan fingerprint density at radius 2 is 2.21 bits per heavy atom. The maximum Gasteiger partial charge on any atom is 0.410 e. The van der Waals surface area contributed by atoms with Crippen LogP contribution in [0.15, 0.2) is 0 Å². The lowest BCUT2D eigenvalue weighted by Crippen LogP contribution is -2.45. The highest BCUT2D eigenvalue weighted by Crippen LogP contribution is 2.22. The number of ether oxygens (including phenoxy) is 2. The third kappa shape index (κ3) is 3.82. The van der Waals surface area contributed by atoms with Gasteiger partial charge in [0.15, 0.2) is 9.84 Å². The summed E-state index contributed by atoms with van der Waals surface area (Å²) in [6.07, 6.45) is 1.97. The van der Waals surface area contributed by atoms with Crippen LogP contribution in [0.1, 0.15) is 26.2 Å². The van der Waals surface area contributed by atoms with Crippen molar-refractivity contribution in [3.63, 3.8) is 0 Å². The molecular formula is C12H21NO5S. The zero-order chi connectivity index (χ0) is 13.9. The number of hydrogen-bond donors (Lipinski definition) is 0. The first-order chi connectivity index (χ1) is 9.02. The lowest BCUT2D eigenvalue weighted by Gasteiger charge is -2.29. The normalized spacial score (nSPS) is 29.3. The van der Waals surface area contributed by atoms with Gasteiger partial charge in [-0.1, -0.05) is 0 Å². The highest BCUT2D eigenvalue weighted by molar-refractivity contribution is 7.91. The van der Waals surface area contributed by atoms with Gasteiger partial charge in [0, 0.05) is 6.61 Å². The zero-order valence-corrected chi connectivity index (χ0v) is 12.0. The number of amides is 1. The third-order valence-electron chi connectivity index (χ3n) is 3.58. The Hall–Kier alpha value is -0.820. The van der Waals surface area contributed by atoms with Crippen molar-refractivity contribution in [2.45, 2.75) is 38.3 Å². The van der Waals surface area contributed by atoms with Crippen LogP contribution in [0, 0.1) is 0 Å². The molecule has 0 aromatic rings. The van der Waals surface area contributed by atoms with Gasteiger partial charge in [-0.15, -0.1) is 0 Å². The summed E-state index contributed by atoms with van der Waals surface area (Å²) in [4.78, 5) is 13.5. The van der Waals surface area contributed by atoms with Crippen LogP contribution in [0.25, 0.3) is 0 Å². The molecule has 6 nitrogen and oxygen atoms in total. The predicted molar refractivity (Wildman–Crippen MR) is 69.8 cm³/mol. The van der Waals surface area contributed by atoms with Crippen LogP contribution in [0.2, 0.25) is 0 Å². The van der Waals surface area contributed by atoms with E-state index in [0.717, 1.165) is 12.8 Å². The average Bonchev–Trinajstić information content (AvgIpc) is 2.95. The van der Waals surface area contributed by atoms with Gasteiger partial charge >= 0.3 is 6.09 Å². The Kier molecular flexibility index (Phi) is 4.67. The van der Waals surface area contributed by atoms with E-state index in [4.69, 9.17) is 9.47 Å². The molecular weight excluding hydrogens is 270 g/mol. The van der Waals surface area contributed by atoms with Gasteiger partial charge in [-0.05, 0) is 26.2 Å². The maximum absolute atomic E-state index is 12.0. The first kappa shape index (κ1) is 14.6. The van der Waals surface area contributed by atoms with E-state index in [9.17, 15) is 13.2 Å². The predicted octanol–water partition coefficient (Wildman–Crippen LogP) is 0.811. The second kappa shape index (κ2) is 6.09. The van der Waals surface area contributed by atoms with Crippen molar-refractivity contribution in [3.8, 4) is 0 Å². The number of sulfone groups is 1. The monoisotopic (exact) mass is 291 g/mol. The molecule has 2 heterocycles. The van der Waals surface area contributed by atoms with Gasteiger partial charge in [0.1, 0.15) is 0 Å². The number of rotatable bonds is 4. The molecule has 2 fully saturated rings. The van der Waals surface area contributed by atoms with Crippen LogP contribution in [0.5, 0.6) is 0 Å². The first-order valence-electron chi connectivity index (χ1n) is 6.77. The van der Waals surface area contributed by atoms with Gasteiger partial charge in [0.05, 0.1) is 36.8 Å². The molecule has 19 heavy (non-hydrogen) atoms. The highest BCUT2D eigenvalue weighted by Gasteiger charge is 2.37. The van der Waals surface area contributed by atoms with E-state index in [1.807, 2.05) is 0 Å². The topological polar surface area (TPSA) is 72.9 Å². The second-order valence-corrected chi connectivity index (χ2v) is 7.27. The van der Waals surface area contributed by atoms with Crippen molar-refractivity contribution in [3.05, 3.63) is 0 Å². The molecule has 0 unspecified atom stereocenters. The van der Waals surface area contributed by atoms with Crippen LogP contribution in [0.4, 0.5) is 4.79 Å². The standard InChI is InChI=1S/C12H21NO5S/c1-2-17-12(14)13(8-11-4-3-6-18-11)10-5-7-19(15,16)9-10/h10-11H,2-9H2,1H3/t10-,11+/m1/s1. The van der Waals surface area contributed by atoms with Crippen molar-refractivity contribution in [1.29, 1.82) is 0 Å². The Morgan fingerprint density at radius 1 is 1.42 bits per heavy atom. The van der Waals surface area contributed by atoms with Crippen molar-refractivity contribution in [1.82, 2.24) is 4.90 Å². The maximum atomic E-state index is 12.0. The van der Waals surface area contributed by atoms with Crippen molar-refractivity contribution in [2.24, 2.45) is 0 Å². The summed E-state index contributed by atoms with van der Waals surface area (Å²) in [5, 5.41) is 0. The Balaban J connectivity index is 2.03. The molecule has 0 N–H and O–H groups in total. The minimum absolute atomic E-state index is 0.00714. The van der Waals surface area contributed by atoms with E-state index < -0.39 is 15.9 Å². The summed E-state index contributed by atoms with van der Waals surface area (Å²) in [7, 11) is -3.01. The summed E-state index contributed by atoms with van der Waals surface area (Å²) in [5.74, 6) is 0.192. The molecule has 1 amide bonds. The first-order valence-corrected chi connectivity index (χ1v) is 8.59. The van der Waals surface area contributed by atoms with E-state index in [2.05, 4.69) is 0 Å². The number of carbonyl (C=O) groups is 1. The number of nitrogens with zero attached hydrogens (tertiary/aromatic N) is 1. The Bertz CT molecular complexity index is 416. The van der Waals surface area contributed by atoms with Gasteiger partial charge < -0.3 is 14.4 Å². The largest absolute Gasteiger partial charge is 0.450 e. The molecule has 0 saturated carbocycles. The number of hydrogen-bond acceptors (Lipinski definition) is 5. The molecule has 0 bridgehead atoms. The zero-order valence-electron chi connectivity index (χ0n) is 11.2. The summed E-state index contributed by atoms with van der Waals surface area (Å²) >= 11 is 0. The van der Waals surface area contributed by atoms with E-state index >= 15 is 0 Å². The van der Waals surface area contributed by atoms with Gasteiger partial charge in [0.25, 0.3) is 0 Å². The van der Waals surface area contributed by atoms with Gasteiger partial charge in [-0.25, -0.2) is 13.2 Å². The highest BCUT2D eigenvalue weighted by atomic mass is 32.2. The van der Waals surface area contributed by atoms with Crippen molar-refractivity contribution in [2.75, 3.05) is 31.3 Å². The summed E-state index contributed by atoms with van der Waals surface area (Å²) in [5.41, 5.74) is 0. The van der Waals surface area contributed by atoms with E-state index in [1.165, 1.54) is 0 Å². The van der Waals surface area contributed by atoms with Crippen LogP contribution in [-0.4, -0.2) is 62.8 Å². The Morgan fingerprint density at radius 3 is 2.74 bits per heavy atom. The smallest absolute Gasteiger partial charge is 0.410 e. The molecule has 0 aromatic heterocycles. The van der Waals surface area contributed by atoms with Crippen LogP contribution in [-0.2, 0) is 19.3 Å². The SMILES string of the molecule is CCOC(=O)N(C[C@@H]1CCCO1)[C@@H]1CCS(=O)(=O)C1. The van der Waals surface area contributed by atoms with Crippen molar-refractivity contribution < 1.29 is 22.7 Å². The van der Waals surface area contributed by atoms with E-state index in [-0.39, 0.29) is 23.7 Å². The fraction of sp³-hybridized carbons (Fsp3) is 0.917. The molecule has 2 atom stereocenters. The molecule has 2 rings (SSSR count). The van der Waals surface area contributed by atoms with Gasteiger partial charge in [0.2, 0.25) is 0 Å². The lowest BCUT2D eigenvalue weighted by molar-refractivity contribution is 0.0463. The molecule has 0 spiro atoms. The minimum Gasteiger partial charge on any atom is -0.450 e. The molecule has 0 radical (unpaired) electrons. The van der Waals surface area contributed by atoms with Crippen molar-refractivity contribution >= 4 is 15.9 Å². The fourth-order valence-corrected chi connectivity index (χ4v) is 4.34. The quantitative estimate of drug-likeness (QED) is 0.766. The molecule has 0 aromatic carbocycles. The van der Waals surface area contributed by atoms with Crippen LogP contribution in [0.3, 0.4) is 0 Å². The van der Waals surface area contributed by atoms with Gasteiger partial charge in [-0.2, -0.15) is 0 Å². The lowest BCUT2D eigenvalue weighted by atomic mass is 10.2. The average molecular weight is 291 g/mol. The van der Waals surface area contributed by atoms with Crippen LogP contribution < -0.4 is 0 Å². The molecule has 2 aliphatic rings. The molecule has 7 heteroatoms. The third-order valence-corrected chi connectivity index (χ3v) is 5.33. The molecule has 2 saturated heterocycles. The summed E-state index contributed by atoms with van der Waals surface area (Å²) in [6, 6.07) is -0.270. The van der Waals surface area contributed by atoms with Gasteiger partial charge in [-0.3, -0.25) is 0 Å². The summed E-state index contributed by atoms with van der Waals surface area (Å²) < 4.78 is 33.7. The molecule has 2 aliphatic heterocycles. The number of carbonyl (C=O) groups excluding carboxylic acids is 1. The van der Waals surface area contributed by atoms with Crippen LogP contribution >= 0.6 is 0 Å². The minimum atomic E-state index is -3.01. The molecule has 110 valence electrons. The Labute approximate surface area is 114 Å².